The number of hydrogen-bond donors (Lipinski definition) is 2. The Bertz CT molecular complexity index is 417. The van der Waals surface area contributed by atoms with Gasteiger partial charge >= 0.3 is 0 Å². The molecule has 1 aliphatic rings. The molecule has 1 aromatic rings. The minimum atomic E-state index is 0. The summed E-state index contributed by atoms with van der Waals surface area (Å²) in [6, 6.07) is 7.68. The van der Waals surface area contributed by atoms with Crippen molar-refractivity contribution in [1.82, 2.24) is 10.6 Å². The molecule has 0 spiro atoms. The lowest BCUT2D eigenvalue weighted by molar-refractivity contribution is -0.121. The summed E-state index contributed by atoms with van der Waals surface area (Å²) in [5.41, 5.74) is 1.15. The predicted octanol–water partition coefficient (Wildman–Crippen LogP) is 3.20. The number of carbonyl (C=O) groups is 1. The second-order valence-corrected chi connectivity index (χ2v) is 5.91. The van der Waals surface area contributed by atoms with Crippen molar-refractivity contribution in [2.24, 2.45) is 5.92 Å². The minimum Gasteiger partial charge on any atom is -0.356 e. The van der Waals surface area contributed by atoms with E-state index in [0.29, 0.717) is 6.42 Å². The molecule has 1 unspecified atom stereocenters. The van der Waals surface area contributed by atoms with Crippen molar-refractivity contribution in [2.45, 2.75) is 32.1 Å². The molecule has 5 heteroatoms. The SMILES string of the molecule is Cl.O=C(CCc1ccc(Cl)cc1)NCCC1CCCNC1. The van der Waals surface area contributed by atoms with Crippen LogP contribution in [0.5, 0.6) is 0 Å². The van der Waals surface area contributed by atoms with Gasteiger partial charge in [-0.3, -0.25) is 4.79 Å². The standard InChI is InChI=1S/C16H23ClN2O.ClH/c17-15-6-3-13(4-7-15)5-8-16(20)19-11-9-14-2-1-10-18-12-14;/h3-4,6-7,14,18H,1-2,5,8-12H2,(H,19,20);1H. The Morgan fingerprint density at radius 1 is 1.33 bits per heavy atom. The zero-order chi connectivity index (χ0) is 14.2. The van der Waals surface area contributed by atoms with Crippen molar-refractivity contribution in [1.29, 1.82) is 0 Å². The first kappa shape index (κ1) is 18.3. The summed E-state index contributed by atoms with van der Waals surface area (Å²) in [7, 11) is 0. The third kappa shape index (κ3) is 7.16. The molecule has 1 fully saturated rings. The molecule has 1 atom stereocenters. The van der Waals surface area contributed by atoms with Gasteiger partial charge in [-0.15, -0.1) is 12.4 Å². The molecule has 1 amide bonds. The Kier molecular flexibility index (Phi) is 8.74. The highest BCUT2D eigenvalue weighted by Crippen LogP contribution is 2.13. The Labute approximate surface area is 138 Å². The molecule has 1 heterocycles. The maximum absolute atomic E-state index is 11.8. The van der Waals surface area contributed by atoms with Gasteiger partial charge in [0.1, 0.15) is 0 Å². The summed E-state index contributed by atoms with van der Waals surface area (Å²) >= 11 is 5.83. The molecule has 118 valence electrons. The summed E-state index contributed by atoms with van der Waals surface area (Å²) in [6.07, 6.45) is 4.95. The van der Waals surface area contributed by atoms with Gasteiger partial charge in [-0.1, -0.05) is 23.7 Å². The number of aryl methyl sites for hydroxylation is 1. The molecule has 2 N–H and O–H groups in total. The molecule has 1 aliphatic heterocycles. The van der Waals surface area contributed by atoms with E-state index in [1.807, 2.05) is 24.3 Å². The second-order valence-electron chi connectivity index (χ2n) is 5.48. The van der Waals surface area contributed by atoms with Crippen LogP contribution in [0.4, 0.5) is 0 Å². The van der Waals surface area contributed by atoms with Gasteiger partial charge < -0.3 is 10.6 Å². The number of amides is 1. The lowest BCUT2D eigenvalue weighted by Crippen LogP contribution is -2.33. The molecule has 0 saturated carbocycles. The van der Waals surface area contributed by atoms with Gasteiger partial charge in [-0.05, 0) is 62.4 Å². The van der Waals surface area contributed by atoms with E-state index in [0.717, 1.165) is 49.0 Å². The smallest absolute Gasteiger partial charge is 0.220 e. The van der Waals surface area contributed by atoms with Crippen LogP contribution in [0.2, 0.25) is 5.02 Å². The van der Waals surface area contributed by atoms with E-state index < -0.39 is 0 Å². The van der Waals surface area contributed by atoms with Crippen LogP contribution in [0.25, 0.3) is 0 Å². The zero-order valence-corrected chi connectivity index (χ0v) is 13.8. The maximum Gasteiger partial charge on any atom is 0.220 e. The average molecular weight is 331 g/mol. The molecule has 2 rings (SSSR count). The fraction of sp³-hybridized carbons (Fsp3) is 0.562. The number of benzene rings is 1. The van der Waals surface area contributed by atoms with Crippen molar-refractivity contribution >= 4 is 29.9 Å². The third-order valence-electron chi connectivity index (χ3n) is 3.83. The van der Waals surface area contributed by atoms with Gasteiger partial charge in [0, 0.05) is 18.0 Å². The van der Waals surface area contributed by atoms with Gasteiger partial charge in [0.2, 0.25) is 5.91 Å². The molecule has 0 bridgehead atoms. The highest BCUT2D eigenvalue weighted by Gasteiger charge is 2.12. The molecule has 0 radical (unpaired) electrons. The van der Waals surface area contributed by atoms with Crippen LogP contribution in [0.3, 0.4) is 0 Å². The summed E-state index contributed by atoms with van der Waals surface area (Å²) in [6.45, 7) is 3.04. The molecule has 0 aliphatic carbocycles. The lowest BCUT2D eigenvalue weighted by Gasteiger charge is -2.22. The summed E-state index contributed by atoms with van der Waals surface area (Å²) in [4.78, 5) is 11.8. The number of hydrogen-bond acceptors (Lipinski definition) is 2. The largest absolute Gasteiger partial charge is 0.356 e. The lowest BCUT2D eigenvalue weighted by atomic mass is 9.96. The number of halogens is 2. The number of rotatable bonds is 6. The quantitative estimate of drug-likeness (QED) is 0.840. The average Bonchev–Trinajstić information content (AvgIpc) is 2.48. The van der Waals surface area contributed by atoms with E-state index in [1.165, 1.54) is 12.8 Å². The van der Waals surface area contributed by atoms with Crippen LogP contribution >= 0.6 is 24.0 Å². The second kappa shape index (κ2) is 10.0. The molecular formula is C16H24Cl2N2O. The van der Waals surface area contributed by atoms with Crippen molar-refractivity contribution in [2.75, 3.05) is 19.6 Å². The predicted molar refractivity (Wildman–Crippen MR) is 90.2 cm³/mol. The number of carbonyl (C=O) groups excluding carboxylic acids is 1. The maximum atomic E-state index is 11.8. The molecule has 1 aromatic carbocycles. The van der Waals surface area contributed by atoms with Crippen LogP contribution in [-0.2, 0) is 11.2 Å². The van der Waals surface area contributed by atoms with E-state index in [-0.39, 0.29) is 18.3 Å². The van der Waals surface area contributed by atoms with Gasteiger partial charge in [-0.25, -0.2) is 0 Å². The number of nitrogens with one attached hydrogen (secondary N) is 2. The molecule has 0 aromatic heterocycles. The van der Waals surface area contributed by atoms with Crippen LogP contribution in [-0.4, -0.2) is 25.5 Å². The first-order valence-electron chi connectivity index (χ1n) is 7.46. The molecule has 3 nitrogen and oxygen atoms in total. The Morgan fingerprint density at radius 3 is 2.76 bits per heavy atom. The van der Waals surface area contributed by atoms with E-state index in [1.54, 1.807) is 0 Å². The van der Waals surface area contributed by atoms with Crippen molar-refractivity contribution in [3.05, 3.63) is 34.9 Å². The van der Waals surface area contributed by atoms with Crippen LogP contribution in [0, 0.1) is 5.92 Å². The summed E-state index contributed by atoms with van der Waals surface area (Å²) < 4.78 is 0. The Morgan fingerprint density at radius 2 is 2.10 bits per heavy atom. The molecular weight excluding hydrogens is 307 g/mol. The summed E-state index contributed by atoms with van der Waals surface area (Å²) in [5, 5.41) is 7.15. The Balaban J connectivity index is 0.00000220. The van der Waals surface area contributed by atoms with Crippen LogP contribution < -0.4 is 10.6 Å². The Hall–Kier alpha value is -0.770. The van der Waals surface area contributed by atoms with Gasteiger partial charge in [0.25, 0.3) is 0 Å². The van der Waals surface area contributed by atoms with Crippen molar-refractivity contribution < 1.29 is 4.79 Å². The zero-order valence-electron chi connectivity index (χ0n) is 12.2. The molecule has 1 saturated heterocycles. The van der Waals surface area contributed by atoms with Crippen molar-refractivity contribution in [3.8, 4) is 0 Å². The van der Waals surface area contributed by atoms with Crippen molar-refractivity contribution in [3.63, 3.8) is 0 Å². The minimum absolute atomic E-state index is 0. The van der Waals surface area contributed by atoms with Gasteiger partial charge in [0.05, 0.1) is 0 Å². The monoisotopic (exact) mass is 330 g/mol. The topological polar surface area (TPSA) is 41.1 Å². The fourth-order valence-electron chi connectivity index (χ4n) is 2.58. The van der Waals surface area contributed by atoms with Gasteiger partial charge in [0.15, 0.2) is 0 Å². The van der Waals surface area contributed by atoms with E-state index in [4.69, 9.17) is 11.6 Å². The van der Waals surface area contributed by atoms with E-state index >= 15 is 0 Å². The van der Waals surface area contributed by atoms with Crippen LogP contribution in [0.15, 0.2) is 24.3 Å². The fourth-order valence-corrected chi connectivity index (χ4v) is 2.71. The van der Waals surface area contributed by atoms with Gasteiger partial charge in [-0.2, -0.15) is 0 Å². The van der Waals surface area contributed by atoms with E-state index in [9.17, 15) is 4.79 Å². The number of piperidine rings is 1. The highest BCUT2D eigenvalue weighted by molar-refractivity contribution is 6.30. The first-order valence-corrected chi connectivity index (χ1v) is 7.83. The highest BCUT2D eigenvalue weighted by atomic mass is 35.5. The first-order chi connectivity index (χ1) is 9.74. The normalized spacial score (nSPS) is 17.9. The summed E-state index contributed by atoms with van der Waals surface area (Å²) in [5.74, 6) is 0.865. The van der Waals surface area contributed by atoms with Crippen LogP contribution in [0.1, 0.15) is 31.2 Å². The van der Waals surface area contributed by atoms with E-state index in [2.05, 4.69) is 10.6 Å². The molecule has 21 heavy (non-hydrogen) atoms. The third-order valence-corrected chi connectivity index (χ3v) is 4.08.